The Kier molecular flexibility index (Phi) is 4.33. The molecule has 1 aliphatic rings. The molecule has 0 bridgehead atoms. The maximum absolute atomic E-state index is 12.6. The first kappa shape index (κ1) is 15.0. The van der Waals surface area contributed by atoms with E-state index in [-0.39, 0.29) is 10.3 Å². The summed E-state index contributed by atoms with van der Waals surface area (Å²) >= 11 is 6.92. The molecular formula is C14H14ClNO3S2. The van der Waals surface area contributed by atoms with Crippen molar-refractivity contribution < 1.29 is 13.2 Å². The maximum atomic E-state index is 12.6. The Bertz CT molecular complexity index is 715. The summed E-state index contributed by atoms with van der Waals surface area (Å²) in [5.41, 5.74) is 0.988. The largest absolute Gasteiger partial charge is 0.371 e. The molecule has 112 valence electrons. The van der Waals surface area contributed by atoms with E-state index in [1.54, 1.807) is 12.1 Å². The number of sulfonamides is 1. The fourth-order valence-electron chi connectivity index (χ4n) is 2.28. The number of hydrogen-bond acceptors (Lipinski definition) is 4. The third-order valence-corrected chi connectivity index (χ3v) is 6.91. The number of halogens is 1. The smallest absolute Gasteiger partial charge is 0.252 e. The Labute approximate surface area is 133 Å². The van der Waals surface area contributed by atoms with Crippen molar-refractivity contribution in [3.8, 4) is 0 Å². The van der Waals surface area contributed by atoms with Gasteiger partial charge in [-0.25, -0.2) is 8.42 Å². The van der Waals surface area contributed by atoms with Crippen LogP contribution in [0.5, 0.6) is 0 Å². The molecule has 0 aliphatic carbocycles. The molecule has 0 unspecified atom stereocenters. The van der Waals surface area contributed by atoms with Gasteiger partial charge in [-0.1, -0.05) is 41.9 Å². The predicted molar refractivity (Wildman–Crippen MR) is 83.2 cm³/mol. The Balaban J connectivity index is 1.83. The summed E-state index contributed by atoms with van der Waals surface area (Å²) < 4.78 is 33.1. The summed E-state index contributed by atoms with van der Waals surface area (Å²) in [5.74, 6) is 0. The number of morpholine rings is 1. The molecule has 21 heavy (non-hydrogen) atoms. The number of ether oxygens (including phenoxy) is 1. The highest BCUT2D eigenvalue weighted by molar-refractivity contribution is 7.91. The molecule has 0 N–H and O–H groups in total. The monoisotopic (exact) mass is 343 g/mol. The molecule has 0 saturated carbocycles. The van der Waals surface area contributed by atoms with Crippen LogP contribution in [0.2, 0.25) is 4.34 Å². The summed E-state index contributed by atoms with van der Waals surface area (Å²) in [4.78, 5) is 0. The predicted octanol–water partition coefficient (Wildman–Crippen LogP) is 3.16. The molecule has 0 radical (unpaired) electrons. The van der Waals surface area contributed by atoms with Gasteiger partial charge in [0.25, 0.3) is 10.0 Å². The van der Waals surface area contributed by atoms with Crippen LogP contribution in [0.3, 0.4) is 0 Å². The molecule has 1 atom stereocenters. The van der Waals surface area contributed by atoms with Gasteiger partial charge >= 0.3 is 0 Å². The van der Waals surface area contributed by atoms with E-state index in [4.69, 9.17) is 16.3 Å². The quantitative estimate of drug-likeness (QED) is 0.860. The normalized spacial score (nSPS) is 20.5. The average molecular weight is 344 g/mol. The van der Waals surface area contributed by atoms with E-state index < -0.39 is 10.0 Å². The Hall–Kier alpha value is -0.920. The van der Waals surface area contributed by atoms with Crippen LogP contribution in [-0.2, 0) is 14.8 Å². The summed E-state index contributed by atoms with van der Waals surface area (Å²) in [6.07, 6.45) is -0.231. The summed E-state index contributed by atoms with van der Waals surface area (Å²) in [6.45, 7) is 1.07. The van der Waals surface area contributed by atoms with E-state index in [9.17, 15) is 8.42 Å². The fourth-order valence-corrected chi connectivity index (χ4v) is 5.34. The number of hydrogen-bond donors (Lipinski definition) is 0. The Morgan fingerprint density at radius 1 is 1.19 bits per heavy atom. The van der Waals surface area contributed by atoms with E-state index >= 15 is 0 Å². The van der Waals surface area contributed by atoms with Crippen LogP contribution in [0, 0.1) is 0 Å². The van der Waals surface area contributed by atoms with E-state index in [2.05, 4.69) is 0 Å². The van der Waals surface area contributed by atoms with Gasteiger partial charge in [-0.15, -0.1) is 11.3 Å². The second-order valence-electron chi connectivity index (χ2n) is 4.69. The Morgan fingerprint density at radius 2 is 1.95 bits per heavy atom. The molecule has 1 aromatic heterocycles. The standard InChI is InChI=1S/C14H14ClNO3S2/c15-13-6-7-14(20-13)21(17,18)16-8-9-19-12(10-16)11-4-2-1-3-5-11/h1-7,12H,8-10H2/t12-/m0/s1. The lowest BCUT2D eigenvalue weighted by Gasteiger charge is -2.32. The molecule has 2 aromatic rings. The van der Waals surface area contributed by atoms with Crippen molar-refractivity contribution in [1.29, 1.82) is 0 Å². The molecule has 0 amide bonds. The lowest BCUT2D eigenvalue weighted by atomic mass is 10.1. The second kappa shape index (κ2) is 6.06. The number of nitrogens with zero attached hydrogens (tertiary/aromatic N) is 1. The minimum Gasteiger partial charge on any atom is -0.371 e. The lowest BCUT2D eigenvalue weighted by Crippen LogP contribution is -2.41. The van der Waals surface area contributed by atoms with Crippen LogP contribution in [0.25, 0.3) is 0 Å². The molecule has 1 fully saturated rings. The number of rotatable bonds is 3. The first-order valence-corrected chi connectivity index (χ1v) is 9.13. The zero-order chi connectivity index (χ0) is 14.9. The molecule has 0 spiro atoms. The zero-order valence-electron chi connectivity index (χ0n) is 11.1. The molecule has 2 heterocycles. The molecule has 4 nitrogen and oxygen atoms in total. The summed E-state index contributed by atoms with van der Waals surface area (Å²) in [5, 5.41) is 0. The van der Waals surface area contributed by atoms with Crippen molar-refractivity contribution in [3.63, 3.8) is 0 Å². The van der Waals surface area contributed by atoms with Crippen LogP contribution in [0.1, 0.15) is 11.7 Å². The molecular weight excluding hydrogens is 330 g/mol. The highest BCUT2D eigenvalue weighted by Gasteiger charge is 2.32. The van der Waals surface area contributed by atoms with Gasteiger partial charge in [0.05, 0.1) is 17.0 Å². The van der Waals surface area contributed by atoms with Crippen LogP contribution < -0.4 is 0 Å². The van der Waals surface area contributed by atoms with E-state index in [1.165, 1.54) is 4.31 Å². The van der Waals surface area contributed by atoms with Gasteiger partial charge in [-0.2, -0.15) is 4.31 Å². The summed E-state index contributed by atoms with van der Waals surface area (Å²) in [6, 6.07) is 12.8. The van der Waals surface area contributed by atoms with Gasteiger partial charge in [0.2, 0.25) is 0 Å². The van der Waals surface area contributed by atoms with Crippen molar-refractivity contribution in [2.75, 3.05) is 19.7 Å². The summed E-state index contributed by atoms with van der Waals surface area (Å²) in [7, 11) is -3.49. The molecule has 1 saturated heterocycles. The van der Waals surface area contributed by atoms with E-state index in [0.717, 1.165) is 16.9 Å². The van der Waals surface area contributed by atoms with Crippen molar-refractivity contribution in [3.05, 3.63) is 52.4 Å². The second-order valence-corrected chi connectivity index (χ2v) is 8.57. The van der Waals surface area contributed by atoms with Crippen molar-refractivity contribution in [2.45, 2.75) is 10.3 Å². The van der Waals surface area contributed by atoms with Crippen LogP contribution in [0.15, 0.2) is 46.7 Å². The van der Waals surface area contributed by atoms with Crippen LogP contribution >= 0.6 is 22.9 Å². The van der Waals surface area contributed by atoms with Crippen LogP contribution in [-0.4, -0.2) is 32.4 Å². The van der Waals surface area contributed by atoms with Gasteiger partial charge in [0.15, 0.2) is 0 Å². The fraction of sp³-hybridized carbons (Fsp3) is 0.286. The first-order valence-electron chi connectivity index (χ1n) is 6.49. The maximum Gasteiger partial charge on any atom is 0.252 e. The third kappa shape index (κ3) is 3.14. The zero-order valence-corrected chi connectivity index (χ0v) is 13.5. The molecule has 7 heteroatoms. The van der Waals surface area contributed by atoms with Gasteiger partial charge in [0.1, 0.15) is 4.21 Å². The Morgan fingerprint density at radius 3 is 2.62 bits per heavy atom. The highest BCUT2D eigenvalue weighted by atomic mass is 35.5. The van der Waals surface area contributed by atoms with Gasteiger partial charge in [-0.3, -0.25) is 0 Å². The third-order valence-electron chi connectivity index (χ3n) is 3.34. The lowest BCUT2D eigenvalue weighted by molar-refractivity contribution is -0.00249. The average Bonchev–Trinajstić information content (AvgIpc) is 2.96. The number of benzene rings is 1. The van der Waals surface area contributed by atoms with Crippen LogP contribution in [0.4, 0.5) is 0 Å². The number of thiophene rings is 1. The minimum absolute atomic E-state index is 0.231. The first-order chi connectivity index (χ1) is 10.1. The van der Waals surface area contributed by atoms with E-state index in [0.29, 0.717) is 24.0 Å². The van der Waals surface area contributed by atoms with Gasteiger partial charge in [-0.05, 0) is 17.7 Å². The molecule has 3 rings (SSSR count). The van der Waals surface area contributed by atoms with Crippen molar-refractivity contribution >= 4 is 33.0 Å². The molecule has 1 aliphatic heterocycles. The van der Waals surface area contributed by atoms with Crippen molar-refractivity contribution in [2.24, 2.45) is 0 Å². The van der Waals surface area contributed by atoms with Crippen molar-refractivity contribution in [1.82, 2.24) is 4.31 Å². The van der Waals surface area contributed by atoms with Gasteiger partial charge in [0, 0.05) is 13.1 Å². The topological polar surface area (TPSA) is 46.6 Å². The minimum atomic E-state index is -3.49. The van der Waals surface area contributed by atoms with Gasteiger partial charge < -0.3 is 4.74 Å². The highest BCUT2D eigenvalue weighted by Crippen LogP contribution is 2.31. The molecule has 1 aromatic carbocycles. The SMILES string of the molecule is O=S(=O)(c1ccc(Cl)s1)N1CCO[C@H](c2ccccc2)C1. The van der Waals surface area contributed by atoms with E-state index in [1.807, 2.05) is 30.3 Å².